The summed E-state index contributed by atoms with van der Waals surface area (Å²) >= 11 is 0. The normalized spacial score (nSPS) is 19.3. The quantitative estimate of drug-likeness (QED) is 0.772. The van der Waals surface area contributed by atoms with Gasteiger partial charge >= 0.3 is 0 Å². The monoisotopic (exact) mass is 206 g/mol. The first kappa shape index (κ1) is 10.5. The van der Waals surface area contributed by atoms with Gasteiger partial charge in [0.2, 0.25) is 0 Å². The van der Waals surface area contributed by atoms with Gasteiger partial charge in [0.25, 0.3) is 0 Å². The molecular formula is C11H18N4. The fourth-order valence-electron chi connectivity index (χ4n) is 1.66. The van der Waals surface area contributed by atoms with Gasteiger partial charge in [0, 0.05) is 32.4 Å². The van der Waals surface area contributed by atoms with Crippen molar-refractivity contribution >= 4 is 0 Å². The molecule has 2 rings (SSSR count). The van der Waals surface area contributed by atoms with Crippen LogP contribution in [0.15, 0.2) is 24.4 Å². The summed E-state index contributed by atoms with van der Waals surface area (Å²) in [7, 11) is 2.16. The zero-order chi connectivity index (χ0) is 10.5. The van der Waals surface area contributed by atoms with Crippen molar-refractivity contribution < 1.29 is 0 Å². The zero-order valence-corrected chi connectivity index (χ0v) is 9.19. The number of aromatic nitrogens is 1. The minimum atomic E-state index is 0.824. The third-order valence-corrected chi connectivity index (χ3v) is 2.71. The molecule has 0 aliphatic carbocycles. The van der Waals surface area contributed by atoms with Crippen LogP contribution in [0.4, 0.5) is 0 Å². The Hall–Kier alpha value is -0.970. The molecule has 0 bridgehead atoms. The van der Waals surface area contributed by atoms with E-state index in [1.54, 1.807) is 0 Å². The van der Waals surface area contributed by atoms with Crippen molar-refractivity contribution in [2.45, 2.75) is 6.54 Å². The third kappa shape index (κ3) is 3.27. The van der Waals surface area contributed by atoms with Gasteiger partial charge < -0.3 is 4.90 Å². The van der Waals surface area contributed by atoms with Gasteiger partial charge in [-0.2, -0.15) is 0 Å². The van der Waals surface area contributed by atoms with E-state index in [2.05, 4.69) is 27.4 Å². The molecule has 0 unspecified atom stereocenters. The van der Waals surface area contributed by atoms with Gasteiger partial charge in [0.1, 0.15) is 0 Å². The maximum absolute atomic E-state index is 4.28. The Morgan fingerprint density at radius 2 is 2.07 bits per heavy atom. The summed E-state index contributed by atoms with van der Waals surface area (Å²) in [5, 5.41) is 2.27. The molecule has 0 saturated carbocycles. The van der Waals surface area contributed by atoms with Gasteiger partial charge in [0.15, 0.2) is 0 Å². The molecule has 0 atom stereocenters. The lowest BCUT2D eigenvalue weighted by molar-refractivity contribution is 0.101. The van der Waals surface area contributed by atoms with Gasteiger partial charge in [-0.15, -0.1) is 0 Å². The number of nitrogens with zero attached hydrogens (tertiary/aromatic N) is 3. The lowest BCUT2D eigenvalue weighted by Crippen LogP contribution is -2.50. The van der Waals surface area contributed by atoms with Crippen molar-refractivity contribution in [3.05, 3.63) is 30.1 Å². The van der Waals surface area contributed by atoms with Crippen molar-refractivity contribution in [3.63, 3.8) is 0 Å². The van der Waals surface area contributed by atoms with E-state index in [0.29, 0.717) is 0 Å². The molecule has 0 amide bonds. The number of rotatable bonds is 3. The van der Waals surface area contributed by atoms with Gasteiger partial charge in [0.05, 0.1) is 12.2 Å². The fraction of sp³-hybridized carbons (Fsp3) is 0.545. The number of likely N-dealkylation sites (N-methyl/N-ethyl adjacent to an activating group) is 1. The Morgan fingerprint density at radius 1 is 1.27 bits per heavy atom. The minimum absolute atomic E-state index is 0.824. The highest BCUT2D eigenvalue weighted by molar-refractivity contribution is 5.02. The number of hydrazine groups is 1. The van der Waals surface area contributed by atoms with Crippen LogP contribution in [0.5, 0.6) is 0 Å². The first-order valence-electron chi connectivity index (χ1n) is 5.41. The summed E-state index contributed by atoms with van der Waals surface area (Å²) in [6.07, 6.45) is 1.83. The van der Waals surface area contributed by atoms with Crippen LogP contribution in [0.2, 0.25) is 0 Å². The molecule has 0 spiro atoms. The molecule has 1 aliphatic rings. The predicted octanol–water partition coefficient (Wildman–Crippen LogP) is 0.334. The summed E-state index contributed by atoms with van der Waals surface area (Å²) in [6, 6.07) is 6.01. The zero-order valence-electron chi connectivity index (χ0n) is 9.19. The van der Waals surface area contributed by atoms with Crippen molar-refractivity contribution in [3.8, 4) is 0 Å². The second-order valence-corrected chi connectivity index (χ2v) is 3.95. The van der Waals surface area contributed by atoms with E-state index in [1.807, 2.05) is 24.4 Å². The Labute approximate surface area is 90.9 Å². The third-order valence-electron chi connectivity index (χ3n) is 2.71. The standard InChI is InChI=1S/C11H18N4/c1-14-6-8-15(9-7-14)13-10-11-4-2-3-5-12-11/h2-5,13H,6-10H2,1H3. The van der Waals surface area contributed by atoms with E-state index < -0.39 is 0 Å². The average Bonchev–Trinajstić information content (AvgIpc) is 2.30. The molecule has 15 heavy (non-hydrogen) atoms. The lowest BCUT2D eigenvalue weighted by atomic mass is 10.3. The van der Waals surface area contributed by atoms with Crippen molar-refractivity contribution in [1.82, 2.24) is 20.3 Å². The van der Waals surface area contributed by atoms with Crippen LogP contribution >= 0.6 is 0 Å². The molecule has 82 valence electrons. The molecule has 4 heteroatoms. The first-order chi connectivity index (χ1) is 7.34. The Bertz CT molecular complexity index is 280. The highest BCUT2D eigenvalue weighted by Crippen LogP contribution is 1.97. The fourth-order valence-corrected chi connectivity index (χ4v) is 1.66. The van der Waals surface area contributed by atoms with Crippen LogP contribution < -0.4 is 5.43 Å². The number of piperazine rings is 1. The topological polar surface area (TPSA) is 31.4 Å². The second kappa shape index (κ2) is 5.21. The highest BCUT2D eigenvalue weighted by atomic mass is 15.5. The second-order valence-electron chi connectivity index (χ2n) is 3.95. The van der Waals surface area contributed by atoms with E-state index in [0.717, 1.165) is 38.4 Å². The van der Waals surface area contributed by atoms with E-state index in [9.17, 15) is 0 Å². The van der Waals surface area contributed by atoms with E-state index >= 15 is 0 Å². The Kier molecular flexibility index (Phi) is 3.66. The lowest BCUT2D eigenvalue weighted by Gasteiger charge is -2.32. The summed E-state index contributed by atoms with van der Waals surface area (Å²) in [6.45, 7) is 5.27. The van der Waals surface area contributed by atoms with Gasteiger partial charge in [-0.25, -0.2) is 10.4 Å². The molecule has 1 aliphatic heterocycles. The van der Waals surface area contributed by atoms with Crippen LogP contribution in [0, 0.1) is 0 Å². The number of hydrogen-bond acceptors (Lipinski definition) is 4. The highest BCUT2D eigenvalue weighted by Gasteiger charge is 2.12. The molecule has 2 heterocycles. The van der Waals surface area contributed by atoms with Crippen LogP contribution in [-0.4, -0.2) is 48.1 Å². The van der Waals surface area contributed by atoms with Crippen LogP contribution in [0.25, 0.3) is 0 Å². The van der Waals surface area contributed by atoms with Gasteiger partial charge in [-0.1, -0.05) is 6.07 Å². The summed E-state index contributed by atoms with van der Waals surface area (Å²) in [4.78, 5) is 6.62. The molecule has 1 fully saturated rings. The molecule has 1 saturated heterocycles. The summed E-state index contributed by atoms with van der Waals surface area (Å²) < 4.78 is 0. The SMILES string of the molecule is CN1CCN(NCc2ccccn2)CC1. The van der Waals surface area contributed by atoms with Gasteiger partial charge in [-0.3, -0.25) is 4.98 Å². The van der Waals surface area contributed by atoms with Crippen molar-refractivity contribution in [1.29, 1.82) is 0 Å². The van der Waals surface area contributed by atoms with Crippen LogP contribution in [0.1, 0.15) is 5.69 Å². The van der Waals surface area contributed by atoms with E-state index in [4.69, 9.17) is 0 Å². The maximum Gasteiger partial charge on any atom is 0.0555 e. The molecular weight excluding hydrogens is 188 g/mol. The number of pyridine rings is 1. The molecule has 4 nitrogen and oxygen atoms in total. The Morgan fingerprint density at radius 3 is 2.73 bits per heavy atom. The predicted molar refractivity (Wildman–Crippen MR) is 60.1 cm³/mol. The smallest absolute Gasteiger partial charge is 0.0555 e. The molecule has 1 N–H and O–H groups in total. The summed E-state index contributed by atoms with van der Waals surface area (Å²) in [5.74, 6) is 0. The molecule has 1 aromatic rings. The van der Waals surface area contributed by atoms with Crippen LogP contribution in [0.3, 0.4) is 0 Å². The maximum atomic E-state index is 4.28. The Balaban J connectivity index is 1.74. The molecule has 0 aromatic carbocycles. The molecule has 1 aromatic heterocycles. The van der Waals surface area contributed by atoms with E-state index in [-0.39, 0.29) is 0 Å². The van der Waals surface area contributed by atoms with Crippen LogP contribution in [-0.2, 0) is 6.54 Å². The summed E-state index contributed by atoms with van der Waals surface area (Å²) in [5.41, 5.74) is 4.50. The average molecular weight is 206 g/mol. The van der Waals surface area contributed by atoms with Gasteiger partial charge in [-0.05, 0) is 19.2 Å². The van der Waals surface area contributed by atoms with Crippen molar-refractivity contribution in [2.75, 3.05) is 33.2 Å². The number of nitrogens with one attached hydrogen (secondary N) is 1. The minimum Gasteiger partial charge on any atom is -0.304 e. The van der Waals surface area contributed by atoms with E-state index in [1.165, 1.54) is 0 Å². The van der Waals surface area contributed by atoms with Crippen molar-refractivity contribution in [2.24, 2.45) is 0 Å². The largest absolute Gasteiger partial charge is 0.304 e. The number of hydrogen-bond donors (Lipinski definition) is 1. The molecule has 0 radical (unpaired) electrons. The first-order valence-corrected chi connectivity index (χ1v) is 5.41.